The number of amides is 1. The zero-order valence-corrected chi connectivity index (χ0v) is 21.8. The summed E-state index contributed by atoms with van der Waals surface area (Å²) < 4.78 is 11.8. The van der Waals surface area contributed by atoms with Crippen molar-refractivity contribution in [2.24, 2.45) is 5.41 Å². The fraction of sp³-hybridized carbons (Fsp3) is 0.538. The molecule has 0 unspecified atom stereocenters. The highest BCUT2D eigenvalue weighted by molar-refractivity contribution is 6.31. The number of aryl methyl sites for hydroxylation is 1. The van der Waals surface area contributed by atoms with E-state index in [2.05, 4.69) is 9.88 Å². The number of aliphatic hydroxyl groups excluding tert-OH is 3. The molecule has 4 rings (SSSR count). The molecule has 0 spiro atoms. The van der Waals surface area contributed by atoms with Crippen LogP contribution < -0.4 is 14.4 Å². The minimum absolute atomic E-state index is 0.0690. The van der Waals surface area contributed by atoms with E-state index in [0.29, 0.717) is 36.2 Å². The van der Waals surface area contributed by atoms with Crippen molar-refractivity contribution < 1.29 is 29.6 Å². The van der Waals surface area contributed by atoms with Crippen LogP contribution in [-0.4, -0.2) is 89.3 Å². The van der Waals surface area contributed by atoms with Gasteiger partial charge < -0.3 is 34.6 Å². The van der Waals surface area contributed by atoms with Crippen LogP contribution in [-0.2, 0) is 4.79 Å². The Balaban J connectivity index is 1.52. The lowest BCUT2D eigenvalue weighted by atomic mass is 9.72. The number of nitrogens with zero attached hydrogens (tertiary/aromatic N) is 3. The number of hydrogen-bond donors (Lipinski definition) is 3. The van der Waals surface area contributed by atoms with Crippen LogP contribution in [0, 0.1) is 12.3 Å². The number of ether oxygens (including phenoxy) is 2. The van der Waals surface area contributed by atoms with Crippen LogP contribution in [0.5, 0.6) is 11.5 Å². The number of hydrogen-bond acceptors (Lipinski definition) is 8. The zero-order chi connectivity index (χ0) is 26.2. The number of aliphatic hydroxyl groups is 3. The molecule has 2 aliphatic heterocycles. The standard InChI is InChI=1S/C26H34ClN3O6/c1-15-9-28-24(8-20(15)27)29-10-18(11-29)36-23-7-17(5-6-22(23)35-4)19-12-30(25(34)21(33)13-31)14-26(19,3)16(2)32/h5-9,16,18-19,21,31-33H,10-14H2,1-4H3/t16-,19+,21+,26+/m1/s1. The maximum Gasteiger partial charge on any atom is 0.253 e. The van der Waals surface area contributed by atoms with E-state index in [1.807, 2.05) is 38.1 Å². The van der Waals surface area contributed by atoms with Crippen molar-refractivity contribution in [2.45, 2.75) is 45.0 Å². The van der Waals surface area contributed by atoms with Gasteiger partial charge in [0.05, 0.1) is 32.9 Å². The number of likely N-dealkylation sites (tertiary alicyclic amines) is 1. The van der Waals surface area contributed by atoms with E-state index in [1.165, 1.54) is 4.90 Å². The Morgan fingerprint density at radius 2 is 1.97 bits per heavy atom. The van der Waals surface area contributed by atoms with Crippen molar-refractivity contribution in [2.75, 3.05) is 44.8 Å². The molecule has 9 nitrogen and oxygen atoms in total. The molecular formula is C26H34ClN3O6. The zero-order valence-electron chi connectivity index (χ0n) is 21.0. The molecule has 0 radical (unpaired) electrons. The van der Waals surface area contributed by atoms with Gasteiger partial charge in [0.2, 0.25) is 0 Å². The molecule has 2 fully saturated rings. The highest BCUT2D eigenvalue weighted by atomic mass is 35.5. The molecule has 196 valence electrons. The number of aromatic nitrogens is 1. The summed E-state index contributed by atoms with van der Waals surface area (Å²) >= 11 is 6.24. The molecule has 1 aromatic heterocycles. The third-order valence-corrected chi connectivity index (χ3v) is 7.94. The number of carbonyl (C=O) groups excluding carboxylic acids is 1. The summed E-state index contributed by atoms with van der Waals surface area (Å²) in [6.45, 7) is 6.77. The van der Waals surface area contributed by atoms with E-state index in [9.17, 15) is 20.1 Å². The van der Waals surface area contributed by atoms with Crippen LogP contribution in [0.25, 0.3) is 0 Å². The summed E-state index contributed by atoms with van der Waals surface area (Å²) in [7, 11) is 1.58. The summed E-state index contributed by atoms with van der Waals surface area (Å²) in [6.07, 6.45) is -0.504. The first kappa shape index (κ1) is 26.5. The fourth-order valence-electron chi connectivity index (χ4n) is 4.92. The first-order valence-corrected chi connectivity index (χ1v) is 12.4. The normalized spacial score (nSPS) is 23.8. The summed E-state index contributed by atoms with van der Waals surface area (Å²) in [5.41, 5.74) is 1.17. The topological polar surface area (TPSA) is 116 Å². The molecule has 36 heavy (non-hydrogen) atoms. The lowest BCUT2D eigenvalue weighted by Gasteiger charge is -2.40. The first-order chi connectivity index (χ1) is 17.1. The fourth-order valence-corrected chi connectivity index (χ4v) is 5.07. The average Bonchev–Trinajstić information content (AvgIpc) is 3.20. The summed E-state index contributed by atoms with van der Waals surface area (Å²) in [4.78, 5) is 20.6. The monoisotopic (exact) mass is 519 g/mol. The largest absolute Gasteiger partial charge is 0.493 e. The first-order valence-electron chi connectivity index (χ1n) is 12.0. The molecule has 2 aromatic rings. The lowest BCUT2D eigenvalue weighted by molar-refractivity contribution is -0.141. The second-order valence-electron chi connectivity index (χ2n) is 10.00. The second-order valence-corrected chi connectivity index (χ2v) is 10.4. The second kappa shape index (κ2) is 10.4. The van der Waals surface area contributed by atoms with Crippen molar-refractivity contribution in [1.82, 2.24) is 9.88 Å². The lowest BCUT2D eigenvalue weighted by Crippen LogP contribution is -2.54. The van der Waals surface area contributed by atoms with Gasteiger partial charge in [-0.2, -0.15) is 0 Å². The molecular weight excluding hydrogens is 486 g/mol. The average molecular weight is 520 g/mol. The minimum atomic E-state index is -1.48. The summed E-state index contributed by atoms with van der Waals surface area (Å²) in [5.74, 6) is 1.23. The van der Waals surface area contributed by atoms with Crippen molar-refractivity contribution in [3.05, 3.63) is 46.6 Å². The van der Waals surface area contributed by atoms with Crippen molar-refractivity contribution in [3.8, 4) is 11.5 Å². The number of halogens is 1. The predicted octanol–water partition coefficient (Wildman–Crippen LogP) is 1.99. The van der Waals surface area contributed by atoms with Gasteiger partial charge >= 0.3 is 0 Å². The summed E-state index contributed by atoms with van der Waals surface area (Å²) in [6, 6.07) is 7.51. The Hall–Kier alpha value is -2.59. The van der Waals surface area contributed by atoms with E-state index < -0.39 is 30.1 Å². The van der Waals surface area contributed by atoms with Crippen LogP contribution in [0.15, 0.2) is 30.5 Å². The van der Waals surface area contributed by atoms with Gasteiger partial charge in [-0.3, -0.25) is 4.79 Å². The van der Waals surface area contributed by atoms with Crippen LogP contribution >= 0.6 is 11.6 Å². The van der Waals surface area contributed by atoms with Gasteiger partial charge in [-0.05, 0) is 43.2 Å². The Bertz CT molecular complexity index is 1110. The Kier molecular flexibility index (Phi) is 7.66. The molecule has 2 saturated heterocycles. The summed E-state index contributed by atoms with van der Waals surface area (Å²) in [5, 5.41) is 30.4. The van der Waals surface area contributed by atoms with Gasteiger partial charge in [0.1, 0.15) is 11.9 Å². The van der Waals surface area contributed by atoms with Gasteiger partial charge in [0.25, 0.3) is 5.91 Å². The molecule has 2 aliphatic rings. The van der Waals surface area contributed by atoms with Gasteiger partial charge in [-0.25, -0.2) is 4.98 Å². The van der Waals surface area contributed by atoms with Crippen LogP contribution in [0.3, 0.4) is 0 Å². The number of carbonyl (C=O) groups is 1. The Morgan fingerprint density at radius 1 is 1.25 bits per heavy atom. The third kappa shape index (κ3) is 4.98. The maximum atomic E-state index is 12.6. The minimum Gasteiger partial charge on any atom is -0.493 e. The van der Waals surface area contributed by atoms with Gasteiger partial charge in [0.15, 0.2) is 17.6 Å². The van der Waals surface area contributed by atoms with Gasteiger partial charge in [-0.15, -0.1) is 0 Å². The van der Waals surface area contributed by atoms with Crippen LogP contribution in [0.4, 0.5) is 5.82 Å². The molecule has 0 aliphatic carbocycles. The van der Waals surface area contributed by atoms with Crippen LogP contribution in [0.1, 0.15) is 30.9 Å². The molecule has 4 atom stereocenters. The highest BCUT2D eigenvalue weighted by Crippen LogP contribution is 2.47. The smallest absolute Gasteiger partial charge is 0.253 e. The number of rotatable bonds is 8. The molecule has 0 saturated carbocycles. The quantitative estimate of drug-likeness (QED) is 0.485. The third-order valence-electron chi connectivity index (χ3n) is 7.53. The number of benzene rings is 1. The molecule has 0 bridgehead atoms. The van der Waals surface area contributed by atoms with E-state index in [4.69, 9.17) is 21.1 Å². The van der Waals surface area contributed by atoms with E-state index in [1.54, 1.807) is 20.2 Å². The molecule has 3 heterocycles. The van der Waals surface area contributed by atoms with E-state index in [0.717, 1.165) is 16.9 Å². The van der Waals surface area contributed by atoms with Crippen LogP contribution in [0.2, 0.25) is 5.02 Å². The van der Waals surface area contributed by atoms with Gasteiger partial charge in [0, 0.05) is 35.6 Å². The highest BCUT2D eigenvalue weighted by Gasteiger charge is 2.49. The molecule has 1 aromatic carbocycles. The molecule has 10 heteroatoms. The molecule has 1 amide bonds. The Morgan fingerprint density at radius 3 is 2.58 bits per heavy atom. The molecule has 3 N–H and O–H groups in total. The maximum absolute atomic E-state index is 12.6. The Labute approximate surface area is 216 Å². The van der Waals surface area contributed by atoms with Gasteiger partial charge in [-0.1, -0.05) is 24.6 Å². The van der Waals surface area contributed by atoms with E-state index >= 15 is 0 Å². The number of methoxy groups -OCH3 is 1. The SMILES string of the molecule is COc1ccc([C@@H]2CN(C(=O)[C@@H](O)CO)C[C@@]2(C)[C@@H](C)O)cc1OC1CN(c2cc(Cl)c(C)cn2)C1. The number of anilines is 1. The number of pyridine rings is 1. The van der Waals surface area contributed by atoms with E-state index in [-0.39, 0.29) is 18.6 Å². The van der Waals surface area contributed by atoms with Crippen molar-refractivity contribution in [1.29, 1.82) is 0 Å². The predicted molar refractivity (Wildman–Crippen MR) is 136 cm³/mol. The van der Waals surface area contributed by atoms with Crippen molar-refractivity contribution in [3.63, 3.8) is 0 Å². The van der Waals surface area contributed by atoms with Crippen molar-refractivity contribution >= 4 is 23.3 Å².